The third-order valence-electron chi connectivity index (χ3n) is 3.73. The zero-order valence-electron chi connectivity index (χ0n) is 12.9. The minimum absolute atomic E-state index is 0.00470. The minimum Gasteiger partial charge on any atom is -0.493 e. The average Bonchev–Trinajstić information content (AvgIpc) is 2.89. The quantitative estimate of drug-likeness (QED) is 0.904. The van der Waals surface area contributed by atoms with Crippen LogP contribution in [0.15, 0.2) is 28.8 Å². The van der Waals surface area contributed by atoms with E-state index in [4.69, 9.17) is 9.26 Å². The van der Waals surface area contributed by atoms with E-state index in [1.54, 1.807) is 11.8 Å². The molecule has 6 nitrogen and oxygen atoms in total. The van der Waals surface area contributed by atoms with Gasteiger partial charge in [-0.3, -0.25) is 4.79 Å². The Labute approximate surface area is 139 Å². The van der Waals surface area contributed by atoms with Gasteiger partial charge in [-0.05, 0) is 30.7 Å². The maximum Gasteiger partial charge on any atom is 0.246 e. The van der Waals surface area contributed by atoms with Gasteiger partial charge in [0, 0.05) is 5.92 Å². The SMILES string of the molecule is CSCc1noc(CNC(=O)[C@@H]2CCOc3ccccc3C2)n1. The number of benzene rings is 1. The van der Waals surface area contributed by atoms with E-state index in [-0.39, 0.29) is 18.4 Å². The van der Waals surface area contributed by atoms with E-state index in [0.29, 0.717) is 36.9 Å². The first kappa shape index (κ1) is 15.9. The van der Waals surface area contributed by atoms with Crippen molar-refractivity contribution in [2.24, 2.45) is 5.92 Å². The highest BCUT2D eigenvalue weighted by Crippen LogP contribution is 2.26. The van der Waals surface area contributed by atoms with Crippen molar-refractivity contribution in [1.82, 2.24) is 15.5 Å². The lowest BCUT2D eigenvalue weighted by atomic mass is 9.96. The molecule has 1 atom stereocenters. The largest absolute Gasteiger partial charge is 0.493 e. The lowest BCUT2D eigenvalue weighted by Gasteiger charge is -2.12. The average molecular weight is 333 g/mol. The van der Waals surface area contributed by atoms with Gasteiger partial charge in [0.15, 0.2) is 5.82 Å². The molecule has 1 aromatic heterocycles. The van der Waals surface area contributed by atoms with Crippen molar-refractivity contribution in [2.45, 2.75) is 25.1 Å². The Kier molecular flexibility index (Phi) is 5.17. The van der Waals surface area contributed by atoms with Crippen LogP contribution in [-0.2, 0) is 23.5 Å². The molecule has 1 aliphatic heterocycles. The third kappa shape index (κ3) is 4.04. The number of rotatable bonds is 5. The zero-order chi connectivity index (χ0) is 16.1. The summed E-state index contributed by atoms with van der Waals surface area (Å²) in [7, 11) is 0. The van der Waals surface area contributed by atoms with Crippen molar-refractivity contribution in [2.75, 3.05) is 12.9 Å². The van der Waals surface area contributed by atoms with E-state index in [0.717, 1.165) is 11.3 Å². The van der Waals surface area contributed by atoms with E-state index < -0.39 is 0 Å². The summed E-state index contributed by atoms with van der Waals surface area (Å²) in [4.78, 5) is 16.6. The Bertz CT molecular complexity index is 674. The summed E-state index contributed by atoms with van der Waals surface area (Å²) in [6.45, 7) is 0.812. The number of carbonyl (C=O) groups is 1. The van der Waals surface area contributed by atoms with Crippen molar-refractivity contribution in [1.29, 1.82) is 0 Å². The van der Waals surface area contributed by atoms with Crippen molar-refractivity contribution in [3.8, 4) is 5.75 Å². The summed E-state index contributed by atoms with van der Waals surface area (Å²) in [5.41, 5.74) is 1.07. The first-order valence-corrected chi connectivity index (χ1v) is 8.94. The number of thioether (sulfide) groups is 1. The fourth-order valence-electron chi connectivity index (χ4n) is 2.57. The number of nitrogens with zero attached hydrogens (tertiary/aromatic N) is 2. The van der Waals surface area contributed by atoms with Crippen LogP contribution >= 0.6 is 11.8 Å². The second-order valence-electron chi connectivity index (χ2n) is 5.40. The fraction of sp³-hybridized carbons (Fsp3) is 0.438. The molecular formula is C16H19N3O3S. The zero-order valence-corrected chi connectivity index (χ0v) is 13.8. The maximum absolute atomic E-state index is 12.4. The van der Waals surface area contributed by atoms with E-state index in [2.05, 4.69) is 15.5 Å². The normalized spacial score (nSPS) is 17.0. The van der Waals surface area contributed by atoms with Crippen LogP contribution in [0, 0.1) is 5.92 Å². The minimum atomic E-state index is -0.104. The molecule has 2 aromatic rings. The number of hydrogen-bond acceptors (Lipinski definition) is 6. The second-order valence-corrected chi connectivity index (χ2v) is 6.27. The summed E-state index contributed by atoms with van der Waals surface area (Å²) in [6.07, 6.45) is 3.36. The van der Waals surface area contributed by atoms with Gasteiger partial charge < -0.3 is 14.6 Å². The Hall–Kier alpha value is -2.02. The summed E-state index contributed by atoms with van der Waals surface area (Å²) < 4.78 is 10.8. The molecule has 1 aromatic carbocycles. The third-order valence-corrected chi connectivity index (χ3v) is 4.28. The summed E-state index contributed by atoms with van der Waals surface area (Å²) in [5, 5.41) is 6.75. The summed E-state index contributed by atoms with van der Waals surface area (Å²) in [5.74, 6) is 2.56. The molecule has 23 heavy (non-hydrogen) atoms. The number of carbonyl (C=O) groups excluding carboxylic acids is 1. The van der Waals surface area contributed by atoms with Gasteiger partial charge in [0.2, 0.25) is 11.8 Å². The number of amides is 1. The second kappa shape index (κ2) is 7.50. The summed E-state index contributed by atoms with van der Waals surface area (Å²) in [6, 6.07) is 7.87. The molecule has 0 saturated carbocycles. The van der Waals surface area contributed by atoms with E-state index in [1.807, 2.05) is 30.5 Å². The van der Waals surface area contributed by atoms with Crippen molar-refractivity contribution < 1.29 is 14.1 Å². The van der Waals surface area contributed by atoms with Crippen LogP contribution in [0.4, 0.5) is 0 Å². The maximum atomic E-state index is 12.4. The Balaban J connectivity index is 1.57. The first-order chi connectivity index (χ1) is 11.3. The molecule has 0 fully saturated rings. The predicted molar refractivity (Wildman–Crippen MR) is 87.1 cm³/mol. The molecule has 1 aliphatic rings. The number of fused-ring (bicyclic) bond motifs is 1. The van der Waals surface area contributed by atoms with Gasteiger partial charge in [-0.2, -0.15) is 16.7 Å². The van der Waals surface area contributed by atoms with Gasteiger partial charge in [0.1, 0.15) is 5.75 Å². The number of aromatic nitrogens is 2. The highest BCUT2D eigenvalue weighted by Gasteiger charge is 2.23. The Morgan fingerprint density at radius 3 is 3.17 bits per heavy atom. The van der Waals surface area contributed by atoms with Crippen molar-refractivity contribution in [3.63, 3.8) is 0 Å². The number of para-hydroxylation sites is 1. The van der Waals surface area contributed by atoms with Crippen LogP contribution in [0.3, 0.4) is 0 Å². The van der Waals surface area contributed by atoms with Crippen molar-refractivity contribution in [3.05, 3.63) is 41.5 Å². The Morgan fingerprint density at radius 2 is 2.30 bits per heavy atom. The van der Waals surface area contributed by atoms with Gasteiger partial charge in [0.05, 0.1) is 18.9 Å². The molecule has 1 amide bonds. The van der Waals surface area contributed by atoms with Gasteiger partial charge in [-0.15, -0.1) is 0 Å². The molecule has 0 bridgehead atoms. The van der Waals surface area contributed by atoms with Crippen LogP contribution in [-0.4, -0.2) is 28.9 Å². The number of ether oxygens (including phenoxy) is 1. The van der Waals surface area contributed by atoms with Gasteiger partial charge in [-0.25, -0.2) is 0 Å². The highest BCUT2D eigenvalue weighted by molar-refractivity contribution is 7.97. The van der Waals surface area contributed by atoms with Crippen LogP contribution in [0.1, 0.15) is 23.7 Å². The molecule has 3 rings (SSSR count). The lowest BCUT2D eigenvalue weighted by Crippen LogP contribution is -2.32. The smallest absolute Gasteiger partial charge is 0.246 e. The standard InChI is InChI=1S/C16H19N3O3S/c1-23-10-14-18-15(22-19-14)9-17-16(20)12-6-7-21-13-5-3-2-4-11(13)8-12/h2-5,12H,6-10H2,1H3,(H,17,20)/t12-/m1/s1. The van der Waals surface area contributed by atoms with Crippen molar-refractivity contribution >= 4 is 17.7 Å². The summed E-state index contributed by atoms with van der Waals surface area (Å²) >= 11 is 1.62. The van der Waals surface area contributed by atoms with Crippen LogP contribution < -0.4 is 10.1 Å². The monoisotopic (exact) mass is 333 g/mol. The predicted octanol–water partition coefficient (Wildman–Crippen LogP) is 2.19. The molecule has 0 unspecified atom stereocenters. The van der Waals surface area contributed by atoms with Gasteiger partial charge >= 0.3 is 0 Å². The van der Waals surface area contributed by atoms with E-state index >= 15 is 0 Å². The highest BCUT2D eigenvalue weighted by atomic mass is 32.2. The molecular weight excluding hydrogens is 314 g/mol. The fourth-order valence-corrected chi connectivity index (χ4v) is 2.95. The lowest BCUT2D eigenvalue weighted by molar-refractivity contribution is -0.125. The first-order valence-electron chi connectivity index (χ1n) is 7.55. The molecule has 0 spiro atoms. The number of nitrogens with one attached hydrogen (secondary N) is 1. The topological polar surface area (TPSA) is 77.2 Å². The molecule has 2 heterocycles. The van der Waals surface area contributed by atoms with E-state index in [9.17, 15) is 4.79 Å². The van der Waals surface area contributed by atoms with Crippen LogP contribution in [0.25, 0.3) is 0 Å². The molecule has 122 valence electrons. The van der Waals surface area contributed by atoms with Gasteiger partial charge in [0.25, 0.3) is 0 Å². The Morgan fingerprint density at radius 1 is 1.43 bits per heavy atom. The number of hydrogen-bond donors (Lipinski definition) is 1. The van der Waals surface area contributed by atoms with E-state index in [1.165, 1.54) is 0 Å². The van der Waals surface area contributed by atoms with Crippen LogP contribution in [0.5, 0.6) is 5.75 Å². The molecule has 0 radical (unpaired) electrons. The molecule has 7 heteroatoms. The van der Waals surface area contributed by atoms with Crippen LogP contribution in [0.2, 0.25) is 0 Å². The molecule has 0 aliphatic carbocycles. The van der Waals surface area contributed by atoms with Gasteiger partial charge in [-0.1, -0.05) is 23.4 Å². The molecule has 1 N–H and O–H groups in total. The molecule has 0 saturated heterocycles.